The topological polar surface area (TPSA) is 21.3 Å². The van der Waals surface area contributed by atoms with Crippen LogP contribution in [-0.4, -0.2) is 25.3 Å². The highest BCUT2D eigenvalue weighted by atomic mass is 16.5. The Labute approximate surface area is 100 Å². The lowest BCUT2D eigenvalue weighted by molar-refractivity contribution is -0.0701. The molecule has 0 radical (unpaired) electrons. The number of hydrogen-bond acceptors (Lipinski definition) is 2. The number of nitrogens with one attached hydrogen (secondary N) is 1. The molecule has 16 heavy (non-hydrogen) atoms. The minimum absolute atomic E-state index is 0.150. The molecule has 2 saturated carbocycles. The van der Waals surface area contributed by atoms with E-state index >= 15 is 0 Å². The van der Waals surface area contributed by atoms with Crippen LogP contribution in [0, 0.1) is 5.92 Å². The summed E-state index contributed by atoms with van der Waals surface area (Å²) in [5.41, 5.74) is 0.150. The largest absolute Gasteiger partial charge is 0.377 e. The van der Waals surface area contributed by atoms with Crippen molar-refractivity contribution in [2.45, 2.75) is 69.9 Å². The molecule has 2 aliphatic rings. The van der Waals surface area contributed by atoms with Crippen LogP contribution < -0.4 is 5.32 Å². The maximum Gasteiger partial charge on any atom is 0.0831 e. The Morgan fingerprint density at radius 2 is 1.94 bits per heavy atom. The fraction of sp³-hybridized carbons (Fsp3) is 1.00. The molecule has 0 heterocycles. The van der Waals surface area contributed by atoms with Crippen molar-refractivity contribution in [3.05, 3.63) is 0 Å². The van der Waals surface area contributed by atoms with Crippen LogP contribution in [0.4, 0.5) is 0 Å². The molecule has 0 aliphatic heterocycles. The van der Waals surface area contributed by atoms with Gasteiger partial charge in [0.05, 0.1) is 5.60 Å². The van der Waals surface area contributed by atoms with E-state index in [4.69, 9.17) is 4.74 Å². The second kappa shape index (κ2) is 5.50. The van der Waals surface area contributed by atoms with Crippen molar-refractivity contribution in [3.63, 3.8) is 0 Å². The van der Waals surface area contributed by atoms with Gasteiger partial charge in [-0.25, -0.2) is 0 Å². The molecule has 0 spiro atoms. The predicted molar refractivity (Wildman–Crippen MR) is 67.6 cm³/mol. The molecule has 0 aromatic carbocycles. The highest BCUT2D eigenvalue weighted by Gasteiger charge is 2.41. The fourth-order valence-corrected chi connectivity index (χ4v) is 3.26. The summed E-state index contributed by atoms with van der Waals surface area (Å²) >= 11 is 0. The van der Waals surface area contributed by atoms with Crippen molar-refractivity contribution >= 4 is 0 Å². The zero-order valence-electron chi connectivity index (χ0n) is 10.9. The van der Waals surface area contributed by atoms with Crippen LogP contribution in [0.5, 0.6) is 0 Å². The van der Waals surface area contributed by atoms with Crippen molar-refractivity contribution in [3.8, 4) is 0 Å². The number of rotatable bonds is 6. The van der Waals surface area contributed by atoms with Gasteiger partial charge in [-0.1, -0.05) is 39.0 Å². The molecule has 2 nitrogen and oxygen atoms in total. The van der Waals surface area contributed by atoms with Crippen molar-refractivity contribution in [1.82, 2.24) is 5.32 Å². The minimum Gasteiger partial charge on any atom is -0.377 e. The summed E-state index contributed by atoms with van der Waals surface area (Å²) in [6.45, 7) is 3.29. The first-order valence-corrected chi connectivity index (χ1v) is 7.09. The molecule has 0 aromatic heterocycles. The van der Waals surface area contributed by atoms with E-state index in [0.29, 0.717) is 6.04 Å². The van der Waals surface area contributed by atoms with E-state index in [1.807, 2.05) is 7.11 Å². The summed E-state index contributed by atoms with van der Waals surface area (Å²) in [6, 6.07) is 0.593. The van der Waals surface area contributed by atoms with E-state index in [1.165, 1.54) is 51.4 Å². The van der Waals surface area contributed by atoms with Gasteiger partial charge in [-0.05, 0) is 31.7 Å². The second-order valence-corrected chi connectivity index (χ2v) is 5.62. The standard InChI is InChI=1S/C14H27NO/c1-3-15-13(11-12-7-8-12)14(16-2)9-5-4-6-10-14/h12-13,15H,3-11H2,1-2H3. The quantitative estimate of drug-likeness (QED) is 0.750. The molecular weight excluding hydrogens is 198 g/mol. The molecule has 2 fully saturated rings. The normalized spacial score (nSPS) is 26.6. The van der Waals surface area contributed by atoms with Crippen LogP contribution in [0.15, 0.2) is 0 Å². The second-order valence-electron chi connectivity index (χ2n) is 5.62. The fourth-order valence-electron chi connectivity index (χ4n) is 3.26. The summed E-state index contributed by atoms with van der Waals surface area (Å²) in [4.78, 5) is 0. The van der Waals surface area contributed by atoms with Gasteiger partial charge in [-0.3, -0.25) is 0 Å². The van der Waals surface area contributed by atoms with Gasteiger partial charge >= 0.3 is 0 Å². The summed E-state index contributed by atoms with van der Waals surface area (Å²) in [6.07, 6.45) is 10.8. The predicted octanol–water partition coefficient (Wildman–Crippen LogP) is 3.11. The van der Waals surface area contributed by atoms with Gasteiger partial charge in [0.25, 0.3) is 0 Å². The molecule has 2 heteroatoms. The van der Waals surface area contributed by atoms with E-state index in [-0.39, 0.29) is 5.60 Å². The van der Waals surface area contributed by atoms with E-state index in [2.05, 4.69) is 12.2 Å². The minimum atomic E-state index is 0.150. The van der Waals surface area contributed by atoms with E-state index in [1.54, 1.807) is 0 Å². The lowest BCUT2D eigenvalue weighted by Crippen LogP contribution is -2.53. The van der Waals surface area contributed by atoms with Crippen molar-refractivity contribution in [2.75, 3.05) is 13.7 Å². The number of ether oxygens (including phenoxy) is 1. The summed E-state index contributed by atoms with van der Waals surface area (Å²) < 4.78 is 5.96. The first-order chi connectivity index (χ1) is 7.80. The molecule has 94 valence electrons. The molecule has 1 unspecified atom stereocenters. The lowest BCUT2D eigenvalue weighted by atomic mass is 9.77. The van der Waals surface area contributed by atoms with Crippen LogP contribution in [0.1, 0.15) is 58.3 Å². The van der Waals surface area contributed by atoms with E-state index in [0.717, 1.165) is 12.5 Å². The van der Waals surface area contributed by atoms with E-state index < -0.39 is 0 Å². The molecular formula is C14H27NO. The molecule has 0 aromatic rings. The molecule has 1 atom stereocenters. The van der Waals surface area contributed by atoms with Crippen LogP contribution >= 0.6 is 0 Å². The Balaban J connectivity index is 2.00. The van der Waals surface area contributed by atoms with Gasteiger partial charge < -0.3 is 10.1 Å². The zero-order chi connectivity index (χ0) is 11.4. The van der Waals surface area contributed by atoms with Crippen molar-refractivity contribution in [1.29, 1.82) is 0 Å². The first kappa shape index (κ1) is 12.4. The highest BCUT2D eigenvalue weighted by molar-refractivity contribution is 4.97. The van der Waals surface area contributed by atoms with Crippen LogP contribution in [-0.2, 0) is 4.74 Å². The summed E-state index contributed by atoms with van der Waals surface area (Å²) in [7, 11) is 1.92. The molecule has 0 saturated heterocycles. The summed E-state index contributed by atoms with van der Waals surface area (Å²) in [5, 5.41) is 3.69. The summed E-state index contributed by atoms with van der Waals surface area (Å²) in [5.74, 6) is 0.984. The Hall–Kier alpha value is -0.0800. The molecule has 2 aliphatic carbocycles. The smallest absolute Gasteiger partial charge is 0.0831 e. The SMILES string of the molecule is CCNC(CC1CC1)C1(OC)CCCCC1. The third-order valence-corrected chi connectivity index (χ3v) is 4.46. The van der Waals surface area contributed by atoms with Crippen LogP contribution in [0.25, 0.3) is 0 Å². The van der Waals surface area contributed by atoms with Crippen LogP contribution in [0.2, 0.25) is 0 Å². The van der Waals surface area contributed by atoms with Gasteiger partial charge in [0, 0.05) is 13.2 Å². The lowest BCUT2D eigenvalue weighted by Gasteiger charge is -2.43. The molecule has 1 N–H and O–H groups in total. The zero-order valence-corrected chi connectivity index (χ0v) is 10.9. The average molecular weight is 225 g/mol. The number of likely N-dealkylation sites (N-methyl/N-ethyl adjacent to an activating group) is 1. The van der Waals surface area contributed by atoms with Gasteiger partial charge in [-0.2, -0.15) is 0 Å². The van der Waals surface area contributed by atoms with Gasteiger partial charge in [0.2, 0.25) is 0 Å². The highest BCUT2D eigenvalue weighted by Crippen LogP contribution is 2.41. The Bertz CT molecular complexity index is 207. The first-order valence-electron chi connectivity index (χ1n) is 7.09. The number of hydrogen-bond donors (Lipinski definition) is 1. The number of methoxy groups -OCH3 is 1. The maximum absolute atomic E-state index is 5.96. The van der Waals surface area contributed by atoms with Gasteiger partial charge in [-0.15, -0.1) is 0 Å². The monoisotopic (exact) mass is 225 g/mol. The third-order valence-electron chi connectivity index (χ3n) is 4.46. The molecule has 0 amide bonds. The van der Waals surface area contributed by atoms with Crippen LogP contribution in [0.3, 0.4) is 0 Å². The van der Waals surface area contributed by atoms with Crippen molar-refractivity contribution < 1.29 is 4.74 Å². The Morgan fingerprint density at radius 3 is 2.44 bits per heavy atom. The van der Waals surface area contributed by atoms with Gasteiger partial charge in [0.1, 0.15) is 0 Å². The van der Waals surface area contributed by atoms with E-state index in [9.17, 15) is 0 Å². The molecule has 2 rings (SSSR count). The van der Waals surface area contributed by atoms with Crippen molar-refractivity contribution in [2.24, 2.45) is 5.92 Å². The average Bonchev–Trinajstić information content (AvgIpc) is 3.13. The Morgan fingerprint density at radius 1 is 1.25 bits per heavy atom. The van der Waals surface area contributed by atoms with Gasteiger partial charge in [0.15, 0.2) is 0 Å². The third kappa shape index (κ3) is 2.78. The Kier molecular flexibility index (Phi) is 4.26. The maximum atomic E-state index is 5.96. The molecule has 0 bridgehead atoms.